The Bertz CT molecular complexity index is 1240. The summed E-state index contributed by atoms with van der Waals surface area (Å²) in [6, 6.07) is 5.83. The molecule has 270 valence electrons. The summed E-state index contributed by atoms with van der Waals surface area (Å²) in [4.78, 5) is 30.6. The van der Waals surface area contributed by atoms with Crippen LogP contribution in [0.4, 0.5) is 0 Å². The Morgan fingerprint density at radius 2 is 1.62 bits per heavy atom. The summed E-state index contributed by atoms with van der Waals surface area (Å²) >= 11 is 0. The van der Waals surface area contributed by atoms with Crippen molar-refractivity contribution in [2.75, 3.05) is 6.61 Å². The molecule has 4 atom stereocenters. The number of aliphatic hydroxyl groups excluding tert-OH is 2. The first kappa shape index (κ1) is 41.1. The van der Waals surface area contributed by atoms with Gasteiger partial charge in [-0.2, -0.15) is 0 Å². The number of amides is 1. The van der Waals surface area contributed by atoms with Gasteiger partial charge in [-0.05, 0) is 71.1 Å². The fourth-order valence-corrected chi connectivity index (χ4v) is 5.61. The smallest absolute Gasteiger partial charge is 0.230 e. The summed E-state index contributed by atoms with van der Waals surface area (Å²) in [6.45, 7) is 8.60. The van der Waals surface area contributed by atoms with Crippen molar-refractivity contribution in [1.82, 2.24) is 10.3 Å². The predicted molar refractivity (Wildman–Crippen MR) is 186 cm³/mol. The largest absolute Gasteiger partial charge is 0.508 e. The third kappa shape index (κ3) is 15.0. The molecule has 1 heterocycles. The van der Waals surface area contributed by atoms with Gasteiger partial charge in [0.2, 0.25) is 11.8 Å². The lowest BCUT2D eigenvalue weighted by atomic mass is 9.82. The Kier molecular flexibility index (Phi) is 18.1. The molecule has 0 aliphatic carbocycles. The number of carbonyl (C=O) groups is 2. The highest BCUT2D eigenvalue weighted by Crippen LogP contribution is 2.32. The number of phenolic OH excluding ortho intramolecular Hbond substituents is 1. The second-order valence-corrected chi connectivity index (χ2v) is 13.8. The number of rotatable bonds is 24. The van der Waals surface area contributed by atoms with Gasteiger partial charge in [-0.15, -0.1) is 0 Å². The van der Waals surface area contributed by atoms with Gasteiger partial charge in [0.05, 0.1) is 17.7 Å². The minimum atomic E-state index is -2.16. The molecule has 10 nitrogen and oxygen atoms in total. The normalized spacial score (nSPS) is 15.2. The van der Waals surface area contributed by atoms with E-state index in [2.05, 4.69) is 17.2 Å². The first-order chi connectivity index (χ1) is 22.8. The van der Waals surface area contributed by atoms with Crippen LogP contribution in [-0.4, -0.2) is 61.2 Å². The number of aliphatic hydroxyl groups is 3. The highest BCUT2D eigenvalue weighted by atomic mass is 16.6. The monoisotopic (exact) mass is 672 g/mol. The van der Waals surface area contributed by atoms with Crippen LogP contribution >= 0.6 is 0 Å². The quantitative estimate of drug-likeness (QED) is 0.0460. The van der Waals surface area contributed by atoms with Gasteiger partial charge >= 0.3 is 0 Å². The number of aryl methyl sites for hydroxylation is 1. The molecule has 0 saturated carbocycles. The third-order valence-electron chi connectivity index (χ3n) is 8.32. The Hall–Kier alpha value is -3.05. The number of aromatic hydroxyl groups is 1. The molecule has 0 bridgehead atoms. The number of benzene rings is 1. The number of nitrogens with zero attached hydrogens (tertiary/aromatic N) is 1. The minimum absolute atomic E-state index is 0.111. The number of unbranched alkanes of at least 4 members (excludes halogenated alkanes) is 8. The number of oxazole rings is 1. The number of hydrogen-bond donors (Lipinski definition) is 5. The van der Waals surface area contributed by atoms with Crippen molar-refractivity contribution in [3.8, 4) is 5.75 Å². The van der Waals surface area contributed by atoms with E-state index in [9.17, 15) is 30.0 Å². The lowest BCUT2D eigenvalue weighted by Crippen LogP contribution is -2.56. The maximum absolute atomic E-state index is 14.1. The highest BCUT2D eigenvalue weighted by Gasteiger charge is 2.48. The van der Waals surface area contributed by atoms with E-state index >= 15 is 0 Å². The standard InChI is InChI=1S/C38H60N2O8/c1-6-7-8-11-14-17-30(42)18-15-12-9-10-13-16-19-32(38(46,24-25-41)36(45)48-37(3,4)5)34(44)40-33(35-39-27-28(2)47-35)26-29-20-22-31(43)23-21-29/h16,19-23,27,32-33,36,41,43,45-46H,6-15,17-18,24-26H2,1-5H3,(H,40,44)/b19-16+/t32-,33+,36?,38+/m1/s1. The fraction of sp³-hybridized carbons (Fsp3) is 0.658. The molecular formula is C38H60N2O8. The van der Waals surface area contributed by atoms with Crippen LogP contribution in [0.5, 0.6) is 5.75 Å². The molecule has 0 saturated heterocycles. The Morgan fingerprint density at radius 1 is 1.00 bits per heavy atom. The number of allylic oxidation sites excluding steroid dienone is 1. The van der Waals surface area contributed by atoms with Crippen molar-refractivity contribution in [2.45, 2.75) is 148 Å². The molecular weight excluding hydrogens is 612 g/mol. The Morgan fingerprint density at radius 3 is 2.19 bits per heavy atom. The third-order valence-corrected chi connectivity index (χ3v) is 8.32. The number of aromatic nitrogens is 1. The molecule has 1 aromatic carbocycles. The number of Topliss-reactive ketones (excluding diaryl/α,β-unsaturated/α-hetero) is 1. The number of hydrogen-bond acceptors (Lipinski definition) is 9. The summed E-state index contributed by atoms with van der Waals surface area (Å²) in [5.41, 5.74) is -2.20. The maximum atomic E-state index is 14.1. The van der Waals surface area contributed by atoms with E-state index < -0.39 is 42.0 Å². The number of carbonyl (C=O) groups excluding carboxylic acids is 2. The van der Waals surface area contributed by atoms with Crippen LogP contribution in [-0.2, 0) is 20.7 Å². The zero-order chi connectivity index (χ0) is 35.6. The van der Waals surface area contributed by atoms with E-state index in [1.54, 1.807) is 64.2 Å². The van der Waals surface area contributed by atoms with E-state index in [1.165, 1.54) is 19.3 Å². The summed E-state index contributed by atoms with van der Waals surface area (Å²) in [6.07, 6.45) is 14.3. The van der Waals surface area contributed by atoms with Crippen molar-refractivity contribution >= 4 is 11.7 Å². The van der Waals surface area contributed by atoms with E-state index in [-0.39, 0.29) is 24.5 Å². The van der Waals surface area contributed by atoms with Gasteiger partial charge in [0.25, 0.3) is 0 Å². The maximum Gasteiger partial charge on any atom is 0.230 e. The van der Waals surface area contributed by atoms with Crippen LogP contribution in [0.15, 0.2) is 47.0 Å². The summed E-state index contributed by atoms with van der Waals surface area (Å²) < 4.78 is 11.5. The summed E-state index contributed by atoms with van der Waals surface area (Å²) in [5, 5.41) is 45.6. The van der Waals surface area contributed by atoms with Gasteiger partial charge in [-0.3, -0.25) is 9.59 Å². The molecule has 0 radical (unpaired) electrons. The lowest BCUT2D eigenvalue weighted by Gasteiger charge is -2.40. The molecule has 2 aromatic rings. The van der Waals surface area contributed by atoms with Gasteiger partial charge in [0, 0.05) is 32.3 Å². The van der Waals surface area contributed by atoms with Crippen molar-refractivity contribution in [1.29, 1.82) is 0 Å². The lowest BCUT2D eigenvalue weighted by molar-refractivity contribution is -0.263. The molecule has 0 aliphatic heterocycles. The van der Waals surface area contributed by atoms with Crippen LogP contribution < -0.4 is 5.32 Å². The van der Waals surface area contributed by atoms with Crippen molar-refractivity contribution in [2.24, 2.45) is 5.92 Å². The molecule has 2 rings (SSSR count). The predicted octanol–water partition coefficient (Wildman–Crippen LogP) is 6.78. The van der Waals surface area contributed by atoms with E-state index in [0.717, 1.165) is 44.1 Å². The zero-order valence-electron chi connectivity index (χ0n) is 29.7. The molecule has 1 unspecified atom stereocenters. The number of ether oxygens (including phenoxy) is 1. The Labute approximate surface area is 287 Å². The zero-order valence-corrected chi connectivity index (χ0v) is 29.7. The van der Waals surface area contributed by atoms with Crippen LogP contribution in [0.2, 0.25) is 0 Å². The van der Waals surface area contributed by atoms with Gasteiger partial charge in [-0.1, -0.05) is 69.7 Å². The number of phenols is 1. The van der Waals surface area contributed by atoms with Gasteiger partial charge in [-0.25, -0.2) is 4.98 Å². The second kappa shape index (κ2) is 21.1. The van der Waals surface area contributed by atoms with Gasteiger partial charge in [0.1, 0.15) is 28.9 Å². The number of nitrogens with one attached hydrogen (secondary N) is 1. The average molecular weight is 673 g/mol. The van der Waals surface area contributed by atoms with Crippen molar-refractivity contribution in [3.63, 3.8) is 0 Å². The SMILES string of the molecule is CCCCCCCC(=O)CCCCCC/C=C/[C@H](C(=O)N[C@@H](Cc1ccc(O)cc1)c1ncc(C)o1)[C@@](O)(CCO)C(O)OC(C)(C)C. The first-order valence-electron chi connectivity index (χ1n) is 17.7. The van der Waals surface area contributed by atoms with Crippen LogP contribution in [0.25, 0.3) is 0 Å². The topological polar surface area (TPSA) is 162 Å². The average Bonchev–Trinajstić information content (AvgIpc) is 3.46. The Balaban J connectivity index is 2.14. The van der Waals surface area contributed by atoms with Crippen molar-refractivity contribution in [3.05, 3.63) is 59.8 Å². The van der Waals surface area contributed by atoms with Crippen molar-refractivity contribution < 1.29 is 39.2 Å². The molecule has 48 heavy (non-hydrogen) atoms. The van der Waals surface area contributed by atoms with Gasteiger partial charge in [0.15, 0.2) is 6.29 Å². The minimum Gasteiger partial charge on any atom is -0.508 e. The molecule has 0 spiro atoms. The van der Waals surface area contributed by atoms with Crippen LogP contribution in [0, 0.1) is 12.8 Å². The summed E-state index contributed by atoms with van der Waals surface area (Å²) in [7, 11) is 0. The summed E-state index contributed by atoms with van der Waals surface area (Å²) in [5.74, 6) is -0.627. The molecule has 5 N–H and O–H groups in total. The fourth-order valence-electron chi connectivity index (χ4n) is 5.61. The first-order valence-corrected chi connectivity index (χ1v) is 17.7. The van der Waals surface area contributed by atoms with E-state index in [0.29, 0.717) is 30.8 Å². The second-order valence-electron chi connectivity index (χ2n) is 13.8. The van der Waals surface area contributed by atoms with Crippen LogP contribution in [0.3, 0.4) is 0 Å². The van der Waals surface area contributed by atoms with Crippen LogP contribution in [0.1, 0.15) is 134 Å². The molecule has 10 heteroatoms. The molecule has 1 amide bonds. The number of ketones is 1. The van der Waals surface area contributed by atoms with Gasteiger partial charge < -0.3 is 34.9 Å². The molecule has 0 fully saturated rings. The van der Waals surface area contributed by atoms with E-state index in [1.807, 2.05) is 6.08 Å². The molecule has 0 aliphatic rings. The van der Waals surface area contributed by atoms with E-state index in [4.69, 9.17) is 9.15 Å². The highest BCUT2D eigenvalue weighted by molar-refractivity contribution is 5.82. The molecule has 1 aromatic heterocycles.